The minimum absolute atomic E-state index is 0.0148. The minimum atomic E-state index is -0.379. The topological polar surface area (TPSA) is 92.3 Å². The maximum Gasteiger partial charge on any atom is 0.225 e. The molecule has 2 aromatic heterocycles. The lowest BCUT2D eigenvalue weighted by Crippen LogP contribution is -2.41. The van der Waals surface area contributed by atoms with Gasteiger partial charge in [0.1, 0.15) is 0 Å². The first-order valence-electron chi connectivity index (χ1n) is 10.5. The van der Waals surface area contributed by atoms with Crippen LogP contribution in [0.4, 0.5) is 0 Å². The van der Waals surface area contributed by atoms with Crippen LogP contribution in [0.25, 0.3) is 0 Å². The molecule has 1 N–H and O–H groups in total. The van der Waals surface area contributed by atoms with Crippen LogP contribution in [0.5, 0.6) is 0 Å². The van der Waals surface area contributed by atoms with Crippen LogP contribution < -0.4 is 0 Å². The molecule has 9 nitrogen and oxygen atoms in total. The van der Waals surface area contributed by atoms with Gasteiger partial charge in [0.25, 0.3) is 0 Å². The normalized spacial score (nSPS) is 22.7. The molecule has 4 rings (SSSR count). The average Bonchev–Trinajstić information content (AvgIpc) is 3.39. The number of aliphatic hydroxyl groups is 1. The van der Waals surface area contributed by atoms with Crippen molar-refractivity contribution >= 4 is 5.91 Å². The molecule has 0 spiro atoms. The van der Waals surface area contributed by atoms with Gasteiger partial charge in [0.05, 0.1) is 24.9 Å². The van der Waals surface area contributed by atoms with Crippen LogP contribution in [0.1, 0.15) is 63.4 Å². The monoisotopic (exact) mass is 401 g/mol. The van der Waals surface area contributed by atoms with E-state index in [1.807, 2.05) is 29.6 Å². The molecule has 2 aliphatic heterocycles. The van der Waals surface area contributed by atoms with E-state index in [2.05, 4.69) is 44.8 Å². The van der Waals surface area contributed by atoms with Crippen LogP contribution in [-0.2, 0) is 24.4 Å². The molecule has 0 bridgehead atoms. The van der Waals surface area contributed by atoms with Crippen molar-refractivity contribution < 1.29 is 9.90 Å². The van der Waals surface area contributed by atoms with Gasteiger partial charge in [0, 0.05) is 49.9 Å². The molecule has 9 heteroatoms. The van der Waals surface area contributed by atoms with Gasteiger partial charge in [-0.25, -0.2) is 0 Å². The lowest BCUT2D eigenvalue weighted by Gasteiger charge is -2.30. The van der Waals surface area contributed by atoms with E-state index in [1.54, 1.807) is 0 Å². The van der Waals surface area contributed by atoms with Gasteiger partial charge in [-0.3, -0.25) is 14.4 Å². The Balaban J connectivity index is 1.52. The molecule has 4 heterocycles. The van der Waals surface area contributed by atoms with E-state index in [4.69, 9.17) is 0 Å². The number of aliphatic hydroxyl groups excluding tert-OH is 1. The Kier molecular flexibility index (Phi) is 5.44. The van der Waals surface area contributed by atoms with Crippen LogP contribution in [-0.4, -0.2) is 64.6 Å². The summed E-state index contributed by atoms with van der Waals surface area (Å²) in [7, 11) is 0. The van der Waals surface area contributed by atoms with Crippen LogP contribution in [0.2, 0.25) is 0 Å². The molecule has 0 saturated carbocycles. The van der Waals surface area contributed by atoms with Gasteiger partial charge < -0.3 is 14.6 Å². The van der Waals surface area contributed by atoms with Crippen LogP contribution >= 0.6 is 0 Å². The highest BCUT2D eigenvalue weighted by molar-refractivity contribution is 5.78. The molecule has 0 aromatic carbocycles. The molecule has 1 amide bonds. The Morgan fingerprint density at radius 1 is 1.24 bits per heavy atom. The number of carbonyl (C=O) groups is 1. The van der Waals surface area contributed by atoms with E-state index in [1.165, 1.54) is 0 Å². The van der Waals surface area contributed by atoms with Crippen molar-refractivity contribution in [3.8, 4) is 0 Å². The van der Waals surface area contributed by atoms with E-state index in [0.717, 1.165) is 17.2 Å². The summed E-state index contributed by atoms with van der Waals surface area (Å²) >= 11 is 0. The third-order valence-corrected chi connectivity index (χ3v) is 5.84. The Bertz CT molecular complexity index is 872. The summed E-state index contributed by atoms with van der Waals surface area (Å²) in [5.41, 5.74) is 1.13. The smallest absolute Gasteiger partial charge is 0.225 e. The SMILES string of the molecule is CC(C)C(=O)N1CCn2c(nnc2[C@@H]2C[C@H](O)CN2Cc2cnn(C(C)C)c2)C1. The predicted octanol–water partition coefficient (Wildman–Crippen LogP) is 1.36. The first-order chi connectivity index (χ1) is 13.8. The van der Waals surface area contributed by atoms with Crippen molar-refractivity contribution in [3.63, 3.8) is 0 Å². The third kappa shape index (κ3) is 3.93. The fraction of sp³-hybridized carbons (Fsp3) is 0.700. The number of hydrogen-bond donors (Lipinski definition) is 1. The third-order valence-electron chi connectivity index (χ3n) is 5.84. The van der Waals surface area contributed by atoms with Gasteiger partial charge in [-0.1, -0.05) is 13.8 Å². The van der Waals surface area contributed by atoms with Gasteiger partial charge in [-0.05, 0) is 20.3 Å². The number of fused-ring (bicyclic) bond motifs is 1. The fourth-order valence-corrected chi connectivity index (χ4v) is 4.28. The van der Waals surface area contributed by atoms with Crippen molar-refractivity contribution in [1.82, 2.24) is 34.3 Å². The first-order valence-corrected chi connectivity index (χ1v) is 10.5. The molecule has 1 fully saturated rings. The van der Waals surface area contributed by atoms with E-state index in [-0.39, 0.29) is 24.0 Å². The standard InChI is InChI=1S/C20H31N7O2/c1-13(2)20(29)24-5-6-26-18(12-24)22-23-19(26)17-7-16(28)11-25(17)9-15-8-21-27(10-15)14(3)4/h8,10,13-14,16-17,28H,5-7,9,11-12H2,1-4H3/t16-,17-/m0/s1. The zero-order chi connectivity index (χ0) is 20.7. The second-order valence-corrected chi connectivity index (χ2v) is 8.80. The summed E-state index contributed by atoms with van der Waals surface area (Å²) in [6.07, 6.45) is 4.23. The highest BCUT2D eigenvalue weighted by Gasteiger charge is 2.37. The number of nitrogens with zero attached hydrogens (tertiary/aromatic N) is 7. The second kappa shape index (κ2) is 7.87. The molecule has 2 aliphatic rings. The number of rotatable bonds is 5. The molecule has 0 aliphatic carbocycles. The summed E-state index contributed by atoms with van der Waals surface area (Å²) < 4.78 is 4.09. The summed E-state index contributed by atoms with van der Waals surface area (Å²) in [5, 5.41) is 23.6. The van der Waals surface area contributed by atoms with Crippen LogP contribution in [0, 0.1) is 5.92 Å². The van der Waals surface area contributed by atoms with Gasteiger partial charge in [0.15, 0.2) is 11.6 Å². The Hall–Kier alpha value is -2.26. The van der Waals surface area contributed by atoms with Crippen LogP contribution in [0.15, 0.2) is 12.4 Å². The minimum Gasteiger partial charge on any atom is -0.392 e. The Labute approximate surface area is 171 Å². The van der Waals surface area contributed by atoms with Crippen molar-refractivity contribution in [2.24, 2.45) is 5.92 Å². The molecule has 2 atom stereocenters. The van der Waals surface area contributed by atoms with Crippen molar-refractivity contribution in [2.75, 3.05) is 13.1 Å². The summed E-state index contributed by atoms with van der Waals surface area (Å²) in [4.78, 5) is 16.5. The maximum absolute atomic E-state index is 12.3. The predicted molar refractivity (Wildman–Crippen MR) is 107 cm³/mol. The number of carbonyl (C=O) groups excluding carboxylic acids is 1. The van der Waals surface area contributed by atoms with E-state index in [9.17, 15) is 9.90 Å². The molecular weight excluding hydrogens is 370 g/mol. The Morgan fingerprint density at radius 2 is 2.03 bits per heavy atom. The average molecular weight is 402 g/mol. The van der Waals surface area contributed by atoms with E-state index >= 15 is 0 Å². The molecular formula is C20H31N7O2. The van der Waals surface area contributed by atoms with Crippen molar-refractivity contribution in [2.45, 2.75) is 71.9 Å². The molecule has 0 radical (unpaired) electrons. The fourth-order valence-electron chi connectivity index (χ4n) is 4.28. The largest absolute Gasteiger partial charge is 0.392 e. The summed E-state index contributed by atoms with van der Waals surface area (Å²) in [6.45, 7) is 11.3. The van der Waals surface area contributed by atoms with E-state index < -0.39 is 0 Å². The zero-order valence-corrected chi connectivity index (χ0v) is 17.7. The van der Waals surface area contributed by atoms with Crippen LogP contribution in [0.3, 0.4) is 0 Å². The molecule has 29 heavy (non-hydrogen) atoms. The van der Waals surface area contributed by atoms with Gasteiger partial charge in [-0.2, -0.15) is 5.10 Å². The molecule has 158 valence electrons. The highest BCUT2D eigenvalue weighted by Crippen LogP contribution is 2.33. The zero-order valence-electron chi connectivity index (χ0n) is 17.7. The van der Waals surface area contributed by atoms with E-state index in [0.29, 0.717) is 45.2 Å². The number of amides is 1. The van der Waals surface area contributed by atoms with Gasteiger partial charge in [-0.15, -0.1) is 10.2 Å². The number of aromatic nitrogens is 5. The molecule has 0 unspecified atom stereocenters. The van der Waals surface area contributed by atoms with Crippen molar-refractivity contribution in [3.05, 3.63) is 29.6 Å². The van der Waals surface area contributed by atoms with Crippen molar-refractivity contribution in [1.29, 1.82) is 0 Å². The maximum atomic E-state index is 12.3. The number of likely N-dealkylation sites (tertiary alicyclic amines) is 1. The lowest BCUT2D eigenvalue weighted by molar-refractivity contribution is -0.136. The van der Waals surface area contributed by atoms with Gasteiger partial charge >= 0.3 is 0 Å². The van der Waals surface area contributed by atoms with Gasteiger partial charge in [0.2, 0.25) is 5.91 Å². The molecule has 1 saturated heterocycles. The summed E-state index contributed by atoms with van der Waals surface area (Å²) in [6, 6.07) is 0.338. The number of hydrogen-bond acceptors (Lipinski definition) is 6. The first kappa shape index (κ1) is 20.0. The Morgan fingerprint density at radius 3 is 2.72 bits per heavy atom. The highest BCUT2D eigenvalue weighted by atomic mass is 16.3. The quantitative estimate of drug-likeness (QED) is 0.813. The number of β-amino-alcohol motifs (C(OH)–C–C–N with tert-alkyl or cyclic N) is 1. The second-order valence-electron chi connectivity index (χ2n) is 8.80. The summed E-state index contributed by atoms with van der Waals surface area (Å²) in [5.74, 6) is 1.86. The molecule has 2 aromatic rings. The lowest BCUT2D eigenvalue weighted by atomic mass is 10.1.